The molecule has 27 heavy (non-hydrogen) atoms. The summed E-state index contributed by atoms with van der Waals surface area (Å²) in [6.07, 6.45) is -0.617. The van der Waals surface area contributed by atoms with E-state index in [1.165, 1.54) is 0 Å². The summed E-state index contributed by atoms with van der Waals surface area (Å²) in [7, 11) is 4.06. The normalized spacial score (nSPS) is 13.3. The molecular weight excluding hydrogens is 334 g/mol. The van der Waals surface area contributed by atoms with E-state index in [0.717, 1.165) is 29.0 Å². The lowest BCUT2D eigenvalue weighted by atomic mass is 9.83. The highest BCUT2D eigenvalue weighted by atomic mass is 16.5. The van der Waals surface area contributed by atoms with E-state index in [2.05, 4.69) is 29.2 Å². The van der Waals surface area contributed by atoms with Gasteiger partial charge in [0, 0.05) is 12.5 Å². The first-order chi connectivity index (χ1) is 13.1. The van der Waals surface area contributed by atoms with Crippen LogP contribution in [0.3, 0.4) is 0 Å². The van der Waals surface area contributed by atoms with Crippen molar-refractivity contribution in [1.29, 1.82) is 0 Å². The van der Waals surface area contributed by atoms with Gasteiger partial charge in [0.1, 0.15) is 12.4 Å². The molecule has 2 atom stereocenters. The van der Waals surface area contributed by atoms with Crippen molar-refractivity contribution in [2.45, 2.75) is 12.0 Å². The molecule has 0 aliphatic rings. The van der Waals surface area contributed by atoms with Crippen molar-refractivity contribution in [2.24, 2.45) is 0 Å². The first-order valence-corrected chi connectivity index (χ1v) is 9.30. The van der Waals surface area contributed by atoms with Crippen molar-refractivity contribution in [3.63, 3.8) is 0 Å². The van der Waals surface area contributed by atoms with Gasteiger partial charge in [-0.25, -0.2) is 0 Å². The molecule has 3 rings (SSSR count). The molecule has 0 aromatic heterocycles. The molecule has 0 heterocycles. The molecule has 1 N–H and O–H groups in total. The second-order valence-corrected chi connectivity index (χ2v) is 6.96. The van der Waals surface area contributed by atoms with Gasteiger partial charge in [0.25, 0.3) is 0 Å². The highest BCUT2D eigenvalue weighted by molar-refractivity contribution is 5.39. The lowest BCUT2D eigenvalue weighted by Crippen LogP contribution is -2.19. The van der Waals surface area contributed by atoms with Crippen LogP contribution in [0.2, 0.25) is 0 Å². The monoisotopic (exact) mass is 361 g/mol. The van der Waals surface area contributed by atoms with E-state index in [1.807, 2.05) is 74.8 Å². The van der Waals surface area contributed by atoms with Crippen LogP contribution >= 0.6 is 0 Å². The van der Waals surface area contributed by atoms with E-state index in [0.29, 0.717) is 6.61 Å². The van der Waals surface area contributed by atoms with Crippen LogP contribution in [0.15, 0.2) is 84.9 Å². The number of aliphatic hydroxyl groups is 1. The molecule has 0 saturated carbocycles. The van der Waals surface area contributed by atoms with E-state index in [9.17, 15) is 5.11 Å². The fraction of sp³-hybridized carbons (Fsp3) is 0.250. The van der Waals surface area contributed by atoms with Crippen molar-refractivity contribution in [2.75, 3.05) is 27.2 Å². The zero-order valence-electron chi connectivity index (χ0n) is 16.0. The number of hydrogen-bond donors (Lipinski definition) is 1. The van der Waals surface area contributed by atoms with Gasteiger partial charge in [-0.3, -0.25) is 0 Å². The van der Waals surface area contributed by atoms with E-state index in [1.54, 1.807) is 0 Å². The van der Waals surface area contributed by atoms with Gasteiger partial charge in [0.2, 0.25) is 0 Å². The Morgan fingerprint density at radius 3 is 1.81 bits per heavy atom. The van der Waals surface area contributed by atoms with Gasteiger partial charge in [-0.15, -0.1) is 0 Å². The number of ether oxygens (including phenoxy) is 1. The van der Waals surface area contributed by atoms with Gasteiger partial charge < -0.3 is 14.7 Å². The minimum absolute atomic E-state index is 0.135. The third-order valence-electron chi connectivity index (χ3n) is 4.66. The quantitative estimate of drug-likeness (QED) is 0.641. The Balaban J connectivity index is 1.85. The summed E-state index contributed by atoms with van der Waals surface area (Å²) < 4.78 is 5.80. The minimum atomic E-state index is -0.617. The predicted molar refractivity (Wildman–Crippen MR) is 110 cm³/mol. The molecule has 0 spiro atoms. The maximum absolute atomic E-state index is 11.1. The summed E-state index contributed by atoms with van der Waals surface area (Å²) in [5, 5.41) is 11.1. The van der Waals surface area contributed by atoms with Crippen molar-refractivity contribution in [1.82, 2.24) is 4.90 Å². The minimum Gasteiger partial charge on any atom is -0.492 e. The fourth-order valence-electron chi connectivity index (χ4n) is 3.18. The van der Waals surface area contributed by atoms with Gasteiger partial charge in [-0.1, -0.05) is 72.8 Å². The topological polar surface area (TPSA) is 32.7 Å². The Bertz CT molecular complexity index is 801. The Labute approximate surface area is 161 Å². The van der Waals surface area contributed by atoms with Crippen molar-refractivity contribution >= 4 is 0 Å². The molecule has 3 nitrogen and oxygen atoms in total. The van der Waals surface area contributed by atoms with Gasteiger partial charge in [-0.2, -0.15) is 0 Å². The number of hydrogen-bond acceptors (Lipinski definition) is 3. The second kappa shape index (κ2) is 9.36. The van der Waals surface area contributed by atoms with Crippen LogP contribution in [0, 0.1) is 0 Å². The molecule has 0 aliphatic carbocycles. The van der Waals surface area contributed by atoms with Crippen molar-refractivity contribution in [3.8, 4) is 5.75 Å². The molecule has 3 aromatic rings. The second-order valence-electron chi connectivity index (χ2n) is 6.96. The smallest absolute Gasteiger partial charge is 0.119 e. The van der Waals surface area contributed by atoms with Gasteiger partial charge >= 0.3 is 0 Å². The fourth-order valence-corrected chi connectivity index (χ4v) is 3.18. The molecule has 0 aliphatic heterocycles. The van der Waals surface area contributed by atoms with Gasteiger partial charge in [0.05, 0.1) is 6.10 Å². The maximum Gasteiger partial charge on any atom is 0.119 e. The van der Waals surface area contributed by atoms with Crippen LogP contribution in [0.25, 0.3) is 0 Å². The summed E-state index contributed by atoms with van der Waals surface area (Å²) in [5.74, 6) is 0.714. The van der Waals surface area contributed by atoms with E-state index in [-0.39, 0.29) is 5.92 Å². The van der Waals surface area contributed by atoms with Crippen LogP contribution in [-0.2, 0) is 0 Å². The molecule has 140 valence electrons. The Kier molecular flexibility index (Phi) is 6.64. The summed E-state index contributed by atoms with van der Waals surface area (Å²) in [6.45, 7) is 1.53. The SMILES string of the molecule is CN(C)CCOc1ccc([C@@H](c2ccccc2)[C@@H](O)c2ccccc2)cc1. The zero-order chi connectivity index (χ0) is 19.1. The number of benzene rings is 3. The first-order valence-electron chi connectivity index (χ1n) is 9.30. The third-order valence-corrected chi connectivity index (χ3v) is 4.66. The molecular formula is C24H27NO2. The molecule has 3 aromatic carbocycles. The predicted octanol–water partition coefficient (Wildman–Crippen LogP) is 4.49. The lowest BCUT2D eigenvalue weighted by molar-refractivity contribution is 0.159. The number of likely N-dealkylation sites (N-methyl/N-ethyl adjacent to an activating group) is 1. The summed E-state index contributed by atoms with van der Waals surface area (Å²) in [5.41, 5.74) is 3.07. The summed E-state index contributed by atoms with van der Waals surface area (Å²) in [4.78, 5) is 2.09. The first kappa shape index (κ1) is 19.2. The molecule has 0 bridgehead atoms. The standard InChI is InChI=1S/C24H27NO2/c1-25(2)17-18-27-22-15-13-20(14-16-22)23(19-9-5-3-6-10-19)24(26)21-11-7-4-8-12-21/h3-16,23-24,26H,17-18H2,1-2H3/t23-,24+/m1/s1. The number of nitrogens with zero attached hydrogens (tertiary/aromatic N) is 1. The van der Waals surface area contributed by atoms with Crippen LogP contribution in [0.4, 0.5) is 0 Å². The van der Waals surface area contributed by atoms with E-state index >= 15 is 0 Å². The summed E-state index contributed by atoms with van der Waals surface area (Å²) >= 11 is 0. The maximum atomic E-state index is 11.1. The van der Waals surface area contributed by atoms with E-state index < -0.39 is 6.10 Å². The lowest BCUT2D eigenvalue weighted by Gasteiger charge is -2.25. The number of rotatable bonds is 8. The van der Waals surface area contributed by atoms with Crippen LogP contribution in [-0.4, -0.2) is 37.3 Å². The van der Waals surface area contributed by atoms with Gasteiger partial charge in [0.15, 0.2) is 0 Å². The molecule has 0 saturated heterocycles. The van der Waals surface area contributed by atoms with Crippen molar-refractivity contribution < 1.29 is 9.84 Å². The van der Waals surface area contributed by atoms with Crippen LogP contribution in [0.1, 0.15) is 28.7 Å². The van der Waals surface area contributed by atoms with Gasteiger partial charge in [-0.05, 0) is 42.9 Å². The molecule has 0 unspecified atom stereocenters. The highest BCUT2D eigenvalue weighted by Gasteiger charge is 2.24. The highest BCUT2D eigenvalue weighted by Crippen LogP contribution is 2.37. The Morgan fingerprint density at radius 1 is 0.741 bits per heavy atom. The molecule has 0 fully saturated rings. The van der Waals surface area contributed by atoms with E-state index in [4.69, 9.17) is 4.74 Å². The number of aliphatic hydroxyl groups excluding tert-OH is 1. The average Bonchev–Trinajstić information content (AvgIpc) is 2.70. The average molecular weight is 361 g/mol. The van der Waals surface area contributed by atoms with Crippen molar-refractivity contribution in [3.05, 3.63) is 102 Å². The molecule has 0 radical (unpaired) electrons. The molecule has 0 amide bonds. The Morgan fingerprint density at radius 2 is 1.26 bits per heavy atom. The zero-order valence-corrected chi connectivity index (χ0v) is 16.0. The molecule has 3 heteroatoms. The van der Waals surface area contributed by atoms with Crippen LogP contribution in [0.5, 0.6) is 5.75 Å². The Hall–Kier alpha value is -2.62. The summed E-state index contributed by atoms with van der Waals surface area (Å²) in [6, 6.07) is 28.1. The van der Waals surface area contributed by atoms with Crippen LogP contribution < -0.4 is 4.74 Å². The largest absolute Gasteiger partial charge is 0.492 e. The third kappa shape index (κ3) is 5.19.